The van der Waals surface area contributed by atoms with E-state index in [1.54, 1.807) is 24.3 Å². The van der Waals surface area contributed by atoms with Gasteiger partial charge in [-0.1, -0.05) is 24.4 Å². The molecule has 0 saturated heterocycles. The lowest BCUT2D eigenvalue weighted by Gasteiger charge is -2.24. The fraction of sp³-hybridized carbons (Fsp3) is 0.333. The first-order valence-corrected chi connectivity index (χ1v) is 9.78. The van der Waals surface area contributed by atoms with E-state index in [-0.39, 0.29) is 30.2 Å². The minimum absolute atomic E-state index is 0.0367. The van der Waals surface area contributed by atoms with Crippen molar-refractivity contribution in [1.29, 1.82) is 0 Å². The molecule has 2 N–H and O–H groups in total. The topological polar surface area (TPSA) is 61.4 Å². The van der Waals surface area contributed by atoms with Gasteiger partial charge in [0.25, 0.3) is 0 Å². The Morgan fingerprint density at radius 2 is 1.68 bits per heavy atom. The third-order valence-corrected chi connectivity index (χ3v) is 5.09. The number of rotatable bonds is 6. The molecule has 28 heavy (non-hydrogen) atoms. The molecule has 3 rings (SSSR count). The van der Waals surface area contributed by atoms with Gasteiger partial charge in [0.15, 0.2) is 0 Å². The predicted molar refractivity (Wildman–Crippen MR) is 109 cm³/mol. The quantitative estimate of drug-likeness (QED) is 0.726. The standard InChI is InChI=1S/C21H23ClFN3O2/c22-16-5-9-18(10-6-16)25-21(28)26(19-11-7-17(23)8-12-19)14-13-24-20(27)15-3-1-2-4-15/h5-12,15H,1-4,13-14H2,(H,24,27)(H,25,28). The van der Waals surface area contributed by atoms with Crippen molar-refractivity contribution in [2.24, 2.45) is 5.92 Å². The van der Waals surface area contributed by atoms with Crippen LogP contribution in [0.3, 0.4) is 0 Å². The number of anilines is 2. The van der Waals surface area contributed by atoms with Gasteiger partial charge in [-0.05, 0) is 61.4 Å². The molecular weight excluding hydrogens is 381 g/mol. The van der Waals surface area contributed by atoms with Gasteiger partial charge < -0.3 is 10.6 Å². The average Bonchev–Trinajstić information content (AvgIpc) is 3.23. The van der Waals surface area contributed by atoms with Gasteiger partial charge in [0.2, 0.25) is 5.91 Å². The van der Waals surface area contributed by atoms with Gasteiger partial charge in [-0.25, -0.2) is 9.18 Å². The first-order valence-electron chi connectivity index (χ1n) is 9.40. The minimum atomic E-state index is -0.378. The van der Waals surface area contributed by atoms with Crippen molar-refractivity contribution in [1.82, 2.24) is 5.32 Å². The maximum atomic E-state index is 13.3. The zero-order valence-electron chi connectivity index (χ0n) is 15.5. The maximum Gasteiger partial charge on any atom is 0.326 e. The van der Waals surface area contributed by atoms with Gasteiger partial charge in [-0.2, -0.15) is 0 Å². The first kappa shape index (κ1) is 20.1. The van der Waals surface area contributed by atoms with E-state index in [1.807, 2.05) is 0 Å². The van der Waals surface area contributed by atoms with E-state index in [0.717, 1.165) is 25.7 Å². The molecule has 148 valence electrons. The van der Waals surface area contributed by atoms with Crippen LogP contribution < -0.4 is 15.5 Å². The highest BCUT2D eigenvalue weighted by Gasteiger charge is 2.23. The summed E-state index contributed by atoms with van der Waals surface area (Å²) in [5.41, 5.74) is 1.14. The van der Waals surface area contributed by atoms with Crippen LogP contribution in [0.5, 0.6) is 0 Å². The third-order valence-electron chi connectivity index (χ3n) is 4.84. The third kappa shape index (κ3) is 5.45. The normalized spacial score (nSPS) is 13.9. The summed E-state index contributed by atoms with van der Waals surface area (Å²) in [4.78, 5) is 26.5. The molecule has 2 aromatic carbocycles. The molecule has 1 fully saturated rings. The fourth-order valence-corrected chi connectivity index (χ4v) is 3.44. The summed E-state index contributed by atoms with van der Waals surface area (Å²) in [5, 5.41) is 6.28. The number of amides is 3. The summed E-state index contributed by atoms with van der Waals surface area (Å²) < 4.78 is 13.3. The second kappa shape index (κ2) is 9.55. The molecule has 0 spiro atoms. The van der Waals surface area contributed by atoms with Gasteiger partial charge >= 0.3 is 6.03 Å². The number of hydrogen-bond donors (Lipinski definition) is 2. The number of hydrogen-bond acceptors (Lipinski definition) is 2. The molecule has 0 atom stereocenters. The number of carbonyl (C=O) groups is 2. The van der Waals surface area contributed by atoms with Gasteiger partial charge in [-0.3, -0.25) is 9.69 Å². The molecule has 0 aromatic heterocycles. The van der Waals surface area contributed by atoms with Gasteiger partial charge in [-0.15, -0.1) is 0 Å². The molecule has 0 heterocycles. The molecule has 3 amide bonds. The number of nitrogens with zero attached hydrogens (tertiary/aromatic N) is 1. The maximum absolute atomic E-state index is 13.3. The highest BCUT2D eigenvalue weighted by molar-refractivity contribution is 6.30. The molecule has 0 bridgehead atoms. The highest BCUT2D eigenvalue weighted by atomic mass is 35.5. The van der Waals surface area contributed by atoms with E-state index in [4.69, 9.17) is 11.6 Å². The lowest BCUT2D eigenvalue weighted by atomic mass is 10.1. The molecule has 0 radical (unpaired) electrons. The molecule has 0 aliphatic heterocycles. The molecule has 1 saturated carbocycles. The number of benzene rings is 2. The van der Waals surface area contributed by atoms with E-state index in [2.05, 4.69) is 10.6 Å². The molecular formula is C21H23ClFN3O2. The number of halogens is 2. The molecule has 1 aliphatic carbocycles. The van der Waals surface area contributed by atoms with Gasteiger partial charge in [0, 0.05) is 35.4 Å². The Morgan fingerprint density at radius 1 is 1.04 bits per heavy atom. The number of carbonyl (C=O) groups excluding carboxylic acids is 2. The van der Waals surface area contributed by atoms with Crippen LogP contribution in [-0.4, -0.2) is 25.0 Å². The van der Waals surface area contributed by atoms with Crippen LogP contribution in [0.1, 0.15) is 25.7 Å². The monoisotopic (exact) mass is 403 g/mol. The Kier molecular flexibility index (Phi) is 6.87. The Labute approximate surface area is 168 Å². The molecule has 7 heteroatoms. The van der Waals surface area contributed by atoms with E-state index < -0.39 is 0 Å². The Hall–Kier alpha value is -2.60. The van der Waals surface area contributed by atoms with Crippen molar-refractivity contribution < 1.29 is 14.0 Å². The zero-order chi connectivity index (χ0) is 19.9. The minimum Gasteiger partial charge on any atom is -0.354 e. The van der Waals surface area contributed by atoms with E-state index in [9.17, 15) is 14.0 Å². The second-order valence-corrected chi connectivity index (χ2v) is 7.27. The van der Waals surface area contributed by atoms with Crippen LogP contribution >= 0.6 is 11.6 Å². The van der Waals surface area contributed by atoms with Crippen LogP contribution in [0.15, 0.2) is 48.5 Å². The molecule has 0 unspecified atom stereocenters. The van der Waals surface area contributed by atoms with Crippen molar-refractivity contribution in [3.63, 3.8) is 0 Å². The molecule has 2 aromatic rings. The van der Waals surface area contributed by atoms with Crippen molar-refractivity contribution in [2.75, 3.05) is 23.3 Å². The Morgan fingerprint density at radius 3 is 2.32 bits per heavy atom. The summed E-state index contributed by atoms with van der Waals surface area (Å²) in [6, 6.07) is 12.1. The predicted octanol–water partition coefficient (Wildman–Crippen LogP) is 4.82. The lowest BCUT2D eigenvalue weighted by molar-refractivity contribution is -0.124. The van der Waals surface area contributed by atoms with E-state index in [1.165, 1.54) is 29.2 Å². The van der Waals surface area contributed by atoms with Crippen molar-refractivity contribution >= 4 is 34.9 Å². The molecule has 5 nitrogen and oxygen atoms in total. The Bertz CT molecular complexity index is 805. The first-order chi connectivity index (χ1) is 13.5. The van der Waals surface area contributed by atoms with Gasteiger partial charge in [0.1, 0.15) is 5.82 Å². The van der Waals surface area contributed by atoms with Crippen molar-refractivity contribution in [2.45, 2.75) is 25.7 Å². The average molecular weight is 404 g/mol. The van der Waals surface area contributed by atoms with Crippen LogP contribution in [0, 0.1) is 11.7 Å². The largest absolute Gasteiger partial charge is 0.354 e. The summed E-state index contributed by atoms with van der Waals surface area (Å²) >= 11 is 5.87. The lowest BCUT2D eigenvalue weighted by Crippen LogP contribution is -2.42. The van der Waals surface area contributed by atoms with Crippen LogP contribution in [-0.2, 0) is 4.79 Å². The fourth-order valence-electron chi connectivity index (χ4n) is 3.32. The number of urea groups is 1. The SMILES string of the molecule is O=C(NCCN(C(=O)Nc1ccc(Cl)cc1)c1ccc(F)cc1)C1CCCC1. The Balaban J connectivity index is 1.65. The van der Waals surface area contributed by atoms with Crippen LogP contribution in [0.25, 0.3) is 0 Å². The molecule has 1 aliphatic rings. The van der Waals surface area contributed by atoms with Gasteiger partial charge in [0.05, 0.1) is 0 Å². The summed E-state index contributed by atoms with van der Waals surface area (Å²) in [6.45, 7) is 0.588. The summed E-state index contributed by atoms with van der Waals surface area (Å²) in [7, 11) is 0. The van der Waals surface area contributed by atoms with Crippen molar-refractivity contribution in [3.05, 3.63) is 59.4 Å². The van der Waals surface area contributed by atoms with E-state index in [0.29, 0.717) is 22.9 Å². The second-order valence-electron chi connectivity index (χ2n) is 6.84. The highest BCUT2D eigenvalue weighted by Crippen LogP contribution is 2.24. The number of nitrogens with one attached hydrogen (secondary N) is 2. The van der Waals surface area contributed by atoms with Crippen LogP contribution in [0.2, 0.25) is 5.02 Å². The van der Waals surface area contributed by atoms with Crippen LogP contribution in [0.4, 0.5) is 20.6 Å². The zero-order valence-corrected chi connectivity index (χ0v) is 16.2. The summed E-state index contributed by atoms with van der Waals surface area (Å²) in [5.74, 6) is -0.270. The smallest absolute Gasteiger partial charge is 0.326 e. The summed E-state index contributed by atoms with van der Waals surface area (Å²) in [6.07, 6.45) is 4.02. The van der Waals surface area contributed by atoms with E-state index >= 15 is 0 Å². The van der Waals surface area contributed by atoms with Crippen molar-refractivity contribution in [3.8, 4) is 0 Å².